The van der Waals surface area contributed by atoms with Gasteiger partial charge in [-0.2, -0.15) is 0 Å². The van der Waals surface area contributed by atoms with Gasteiger partial charge >= 0.3 is 0 Å². The van der Waals surface area contributed by atoms with Gasteiger partial charge in [0.1, 0.15) is 13.2 Å². The summed E-state index contributed by atoms with van der Waals surface area (Å²) < 4.78 is 17.1. The van der Waals surface area contributed by atoms with Gasteiger partial charge in [0.15, 0.2) is 11.5 Å². The van der Waals surface area contributed by atoms with E-state index in [2.05, 4.69) is 0 Å². The largest absolute Gasteiger partial charge is 0.486 e. The summed E-state index contributed by atoms with van der Waals surface area (Å²) >= 11 is 0. The van der Waals surface area contributed by atoms with Crippen molar-refractivity contribution in [1.29, 1.82) is 0 Å². The topological polar surface area (TPSA) is 48.0 Å². The molecule has 1 amide bonds. The lowest BCUT2D eigenvalue weighted by molar-refractivity contribution is -0.0753. The minimum Gasteiger partial charge on any atom is -0.486 e. The number of nitrogens with zero attached hydrogens (tertiary/aromatic N) is 1. The minimum absolute atomic E-state index is 0.0969. The van der Waals surface area contributed by atoms with Gasteiger partial charge < -0.3 is 19.1 Å². The highest BCUT2D eigenvalue weighted by molar-refractivity contribution is 5.96. The van der Waals surface area contributed by atoms with Gasteiger partial charge in [-0.1, -0.05) is 12.8 Å². The van der Waals surface area contributed by atoms with Crippen molar-refractivity contribution in [3.8, 4) is 11.5 Å². The molecule has 1 aromatic rings. The van der Waals surface area contributed by atoms with E-state index < -0.39 is 0 Å². The standard InChI is InChI=1S/C18H23NO4/c1-12-10-16-17(23-9-8-22-16)11-13(12)18(20)19-6-7-21-15-5-3-2-4-14(15)19/h10-11,14-15H,2-9H2,1H3/t14-,15-/m0/s1. The number of aryl methyl sites for hydroxylation is 1. The number of rotatable bonds is 1. The molecule has 2 heterocycles. The zero-order chi connectivity index (χ0) is 15.8. The molecule has 0 aromatic heterocycles. The van der Waals surface area contributed by atoms with Crippen LogP contribution in [0.25, 0.3) is 0 Å². The molecule has 5 nitrogen and oxygen atoms in total. The second-order valence-corrected chi connectivity index (χ2v) is 6.57. The van der Waals surface area contributed by atoms with Crippen molar-refractivity contribution in [2.75, 3.05) is 26.4 Å². The summed E-state index contributed by atoms with van der Waals surface area (Å²) in [5.74, 6) is 1.51. The van der Waals surface area contributed by atoms with E-state index in [4.69, 9.17) is 14.2 Å². The summed E-state index contributed by atoms with van der Waals surface area (Å²) in [4.78, 5) is 15.2. The summed E-state index contributed by atoms with van der Waals surface area (Å²) in [6.45, 7) is 4.37. The van der Waals surface area contributed by atoms with Crippen LogP contribution in [-0.4, -0.2) is 49.3 Å². The number of morpholine rings is 1. The fourth-order valence-electron chi connectivity index (χ4n) is 3.92. The second-order valence-electron chi connectivity index (χ2n) is 6.57. The summed E-state index contributed by atoms with van der Waals surface area (Å²) in [5.41, 5.74) is 1.67. The highest BCUT2D eigenvalue weighted by Crippen LogP contribution is 2.35. The van der Waals surface area contributed by atoms with Crippen LogP contribution in [0.1, 0.15) is 41.6 Å². The first kappa shape index (κ1) is 14.8. The van der Waals surface area contributed by atoms with Gasteiger partial charge in [0.2, 0.25) is 0 Å². The van der Waals surface area contributed by atoms with Crippen LogP contribution in [0.4, 0.5) is 0 Å². The summed E-state index contributed by atoms with van der Waals surface area (Å²) in [6, 6.07) is 3.98. The van der Waals surface area contributed by atoms with Crippen molar-refractivity contribution < 1.29 is 19.0 Å². The average Bonchev–Trinajstić information content (AvgIpc) is 2.60. The van der Waals surface area contributed by atoms with Crippen molar-refractivity contribution in [2.45, 2.75) is 44.8 Å². The van der Waals surface area contributed by atoms with E-state index in [1.807, 2.05) is 24.0 Å². The van der Waals surface area contributed by atoms with E-state index in [9.17, 15) is 4.79 Å². The average molecular weight is 317 g/mol. The van der Waals surface area contributed by atoms with Crippen LogP contribution in [0.15, 0.2) is 12.1 Å². The predicted octanol–water partition coefficient (Wildman–Crippen LogP) is 2.55. The Bertz CT molecular complexity index is 613. The van der Waals surface area contributed by atoms with Crippen LogP contribution in [0.5, 0.6) is 11.5 Å². The molecule has 1 aromatic carbocycles. The van der Waals surface area contributed by atoms with E-state index in [0.29, 0.717) is 32.1 Å². The maximum Gasteiger partial charge on any atom is 0.254 e. The number of amides is 1. The van der Waals surface area contributed by atoms with E-state index in [1.54, 1.807) is 0 Å². The molecule has 0 unspecified atom stereocenters. The maximum absolute atomic E-state index is 13.1. The normalized spacial score (nSPS) is 26.6. The minimum atomic E-state index is 0.0969. The molecular formula is C18H23NO4. The first-order valence-corrected chi connectivity index (χ1v) is 8.57. The zero-order valence-corrected chi connectivity index (χ0v) is 13.5. The molecule has 0 radical (unpaired) electrons. The molecule has 1 aliphatic carbocycles. The smallest absolute Gasteiger partial charge is 0.254 e. The number of ether oxygens (including phenoxy) is 3. The molecule has 2 fully saturated rings. The van der Waals surface area contributed by atoms with E-state index in [0.717, 1.165) is 29.7 Å². The van der Waals surface area contributed by atoms with Gasteiger partial charge in [-0.25, -0.2) is 0 Å². The third-order valence-corrected chi connectivity index (χ3v) is 5.11. The Hall–Kier alpha value is -1.75. The molecule has 4 rings (SSSR count). The van der Waals surface area contributed by atoms with Crippen molar-refractivity contribution in [1.82, 2.24) is 4.90 Å². The van der Waals surface area contributed by atoms with Gasteiger partial charge in [0, 0.05) is 12.1 Å². The van der Waals surface area contributed by atoms with Crippen molar-refractivity contribution in [3.63, 3.8) is 0 Å². The van der Waals surface area contributed by atoms with Crippen molar-refractivity contribution >= 4 is 5.91 Å². The van der Waals surface area contributed by atoms with E-state index in [-0.39, 0.29) is 18.1 Å². The van der Waals surface area contributed by atoms with Crippen molar-refractivity contribution in [2.24, 2.45) is 0 Å². The predicted molar refractivity (Wildman–Crippen MR) is 85.2 cm³/mol. The van der Waals surface area contributed by atoms with E-state index >= 15 is 0 Å². The first-order chi connectivity index (χ1) is 11.2. The van der Waals surface area contributed by atoms with Gasteiger partial charge in [-0.15, -0.1) is 0 Å². The van der Waals surface area contributed by atoms with Crippen LogP contribution in [-0.2, 0) is 4.74 Å². The Balaban J connectivity index is 1.63. The lowest BCUT2D eigenvalue weighted by Gasteiger charge is -2.44. The number of benzene rings is 1. The molecule has 0 bridgehead atoms. The number of hydrogen-bond acceptors (Lipinski definition) is 4. The summed E-state index contributed by atoms with van der Waals surface area (Å²) in [7, 11) is 0. The quantitative estimate of drug-likeness (QED) is 0.799. The van der Waals surface area contributed by atoms with Crippen LogP contribution >= 0.6 is 0 Å². The van der Waals surface area contributed by atoms with Crippen LogP contribution in [0.2, 0.25) is 0 Å². The number of carbonyl (C=O) groups is 1. The first-order valence-electron chi connectivity index (χ1n) is 8.57. The molecule has 124 valence electrons. The maximum atomic E-state index is 13.1. The van der Waals surface area contributed by atoms with Gasteiger partial charge in [0.25, 0.3) is 5.91 Å². The van der Waals surface area contributed by atoms with E-state index in [1.165, 1.54) is 12.8 Å². The van der Waals surface area contributed by atoms with Crippen LogP contribution in [0.3, 0.4) is 0 Å². The van der Waals surface area contributed by atoms with Crippen molar-refractivity contribution in [3.05, 3.63) is 23.3 Å². The number of hydrogen-bond donors (Lipinski definition) is 0. The molecule has 2 aliphatic heterocycles. The zero-order valence-electron chi connectivity index (χ0n) is 13.5. The fourth-order valence-corrected chi connectivity index (χ4v) is 3.92. The number of carbonyl (C=O) groups excluding carboxylic acids is 1. The Labute approximate surface area is 136 Å². The SMILES string of the molecule is Cc1cc2c(cc1C(=O)N1CCO[C@H]3CCCC[C@@H]31)OCCO2. The Morgan fingerprint density at radius 2 is 1.83 bits per heavy atom. The van der Waals surface area contributed by atoms with Crippen LogP contribution < -0.4 is 9.47 Å². The molecular weight excluding hydrogens is 294 g/mol. The lowest BCUT2D eigenvalue weighted by atomic mass is 9.89. The molecule has 0 N–H and O–H groups in total. The Morgan fingerprint density at radius 1 is 1.09 bits per heavy atom. The molecule has 1 saturated heterocycles. The monoisotopic (exact) mass is 317 g/mol. The highest BCUT2D eigenvalue weighted by atomic mass is 16.6. The number of fused-ring (bicyclic) bond motifs is 2. The Kier molecular flexibility index (Phi) is 3.89. The van der Waals surface area contributed by atoms with Crippen LogP contribution in [0, 0.1) is 6.92 Å². The molecule has 5 heteroatoms. The lowest BCUT2D eigenvalue weighted by Crippen LogP contribution is -2.54. The summed E-state index contributed by atoms with van der Waals surface area (Å²) in [5, 5.41) is 0. The molecule has 0 spiro atoms. The van der Waals surface area contributed by atoms with Gasteiger partial charge in [0.05, 0.1) is 18.8 Å². The third-order valence-electron chi connectivity index (χ3n) is 5.11. The third kappa shape index (κ3) is 2.67. The van der Waals surface area contributed by atoms with Gasteiger partial charge in [-0.05, 0) is 37.5 Å². The molecule has 23 heavy (non-hydrogen) atoms. The highest BCUT2D eigenvalue weighted by Gasteiger charge is 2.37. The fraction of sp³-hybridized carbons (Fsp3) is 0.611. The molecule has 3 aliphatic rings. The molecule has 1 saturated carbocycles. The second kappa shape index (κ2) is 6.04. The summed E-state index contributed by atoms with van der Waals surface area (Å²) in [6.07, 6.45) is 4.69. The molecule has 2 atom stereocenters. The Morgan fingerprint density at radius 3 is 2.65 bits per heavy atom. The van der Waals surface area contributed by atoms with Gasteiger partial charge in [-0.3, -0.25) is 4.79 Å².